The molecule has 43 heavy (non-hydrogen) atoms. The van der Waals surface area contributed by atoms with Crippen molar-refractivity contribution < 1.29 is 19.1 Å². The SMILES string of the molecule is C=C(CN1CCSCC1)C(=O)CC[C@@H](NC(=O)[C@@H](CC(=O)CCC)Cc1nc2ccc(C(C)C)cc2s1)C1CCOCC1. The van der Waals surface area contributed by atoms with Gasteiger partial charge in [0.1, 0.15) is 5.78 Å². The summed E-state index contributed by atoms with van der Waals surface area (Å²) in [6.07, 6.45) is 4.50. The van der Waals surface area contributed by atoms with E-state index in [-0.39, 0.29) is 35.9 Å². The van der Waals surface area contributed by atoms with Gasteiger partial charge in [0.2, 0.25) is 5.91 Å². The zero-order chi connectivity index (χ0) is 30.8. The normalized spacial score (nSPS) is 18.0. The highest BCUT2D eigenvalue weighted by Gasteiger charge is 2.31. The summed E-state index contributed by atoms with van der Waals surface area (Å²) >= 11 is 3.56. The summed E-state index contributed by atoms with van der Waals surface area (Å²) in [5.41, 5.74) is 2.86. The molecule has 3 heterocycles. The van der Waals surface area contributed by atoms with Gasteiger partial charge in [-0.3, -0.25) is 19.3 Å². The molecule has 2 fully saturated rings. The molecule has 236 valence electrons. The highest BCUT2D eigenvalue weighted by Crippen LogP contribution is 2.29. The van der Waals surface area contributed by atoms with Crippen molar-refractivity contribution in [1.82, 2.24) is 15.2 Å². The van der Waals surface area contributed by atoms with Crippen LogP contribution < -0.4 is 5.32 Å². The maximum atomic E-state index is 13.9. The molecule has 0 bridgehead atoms. The van der Waals surface area contributed by atoms with Gasteiger partial charge in [0.05, 0.1) is 21.1 Å². The average molecular weight is 628 g/mol. The molecule has 2 atom stereocenters. The van der Waals surface area contributed by atoms with Crippen LogP contribution in [0.25, 0.3) is 10.2 Å². The Labute approximate surface area is 265 Å². The van der Waals surface area contributed by atoms with Crippen molar-refractivity contribution in [2.45, 2.75) is 84.1 Å². The summed E-state index contributed by atoms with van der Waals surface area (Å²) in [7, 11) is 0. The second-order valence-corrected chi connectivity index (χ2v) is 14.7. The van der Waals surface area contributed by atoms with E-state index in [0.29, 0.717) is 56.9 Å². The summed E-state index contributed by atoms with van der Waals surface area (Å²) in [5, 5.41) is 4.20. The number of ketones is 2. The zero-order valence-corrected chi connectivity index (χ0v) is 27.8. The highest BCUT2D eigenvalue weighted by molar-refractivity contribution is 7.99. The maximum Gasteiger partial charge on any atom is 0.224 e. The Morgan fingerprint density at radius 1 is 1.14 bits per heavy atom. The van der Waals surface area contributed by atoms with Crippen molar-refractivity contribution in [1.29, 1.82) is 0 Å². The first-order valence-corrected chi connectivity index (χ1v) is 18.0. The molecule has 0 saturated carbocycles. The van der Waals surface area contributed by atoms with Gasteiger partial charge in [-0.15, -0.1) is 11.3 Å². The van der Waals surface area contributed by atoms with Crippen molar-refractivity contribution in [3.63, 3.8) is 0 Å². The van der Waals surface area contributed by atoms with Crippen LogP contribution in [0.4, 0.5) is 0 Å². The number of benzene rings is 1. The maximum absolute atomic E-state index is 13.9. The molecular formula is C34H49N3O4S2. The first-order chi connectivity index (χ1) is 20.7. The minimum atomic E-state index is -0.492. The van der Waals surface area contributed by atoms with Gasteiger partial charge in [0, 0.05) is 81.7 Å². The molecule has 1 aromatic carbocycles. The lowest BCUT2D eigenvalue weighted by Crippen LogP contribution is -2.46. The van der Waals surface area contributed by atoms with Gasteiger partial charge >= 0.3 is 0 Å². The van der Waals surface area contributed by atoms with Crippen molar-refractivity contribution in [2.75, 3.05) is 44.4 Å². The number of thiazole rings is 1. The number of nitrogens with zero attached hydrogens (tertiary/aromatic N) is 2. The molecule has 7 nitrogen and oxygen atoms in total. The van der Waals surface area contributed by atoms with Crippen LogP contribution in [0.5, 0.6) is 0 Å². The van der Waals surface area contributed by atoms with Gasteiger partial charge in [-0.1, -0.05) is 33.4 Å². The van der Waals surface area contributed by atoms with E-state index in [0.717, 1.165) is 59.1 Å². The molecule has 4 rings (SSSR count). The number of carbonyl (C=O) groups is 3. The number of rotatable bonds is 16. The molecule has 1 amide bonds. The van der Waals surface area contributed by atoms with Crippen LogP contribution in [0.1, 0.15) is 82.2 Å². The Hall–Kier alpha value is -2.07. The number of thioether (sulfide) groups is 1. The Morgan fingerprint density at radius 3 is 2.58 bits per heavy atom. The van der Waals surface area contributed by atoms with Crippen LogP contribution in [0.3, 0.4) is 0 Å². The average Bonchev–Trinajstić information content (AvgIpc) is 3.41. The van der Waals surface area contributed by atoms with Gasteiger partial charge in [-0.25, -0.2) is 4.98 Å². The standard InChI is InChI=1S/C34H49N3O4S2/c1-5-6-28(38)19-27(21-33-35-30-8-7-26(23(2)3)20-32(30)43-33)34(40)36-29(25-11-15-41-16-12-25)9-10-31(39)24(4)22-37-13-17-42-18-14-37/h7-8,20,23,25,27,29H,4-6,9-19,21-22H2,1-3H3,(H,36,40)/t27-,29+/m0/s1. The molecule has 2 saturated heterocycles. The van der Waals surface area contributed by atoms with E-state index in [4.69, 9.17) is 9.72 Å². The van der Waals surface area contributed by atoms with E-state index in [9.17, 15) is 14.4 Å². The van der Waals surface area contributed by atoms with Crippen molar-refractivity contribution in [2.24, 2.45) is 11.8 Å². The third kappa shape index (κ3) is 10.2. The number of amides is 1. The fraction of sp³-hybridized carbons (Fsp3) is 0.647. The van der Waals surface area contributed by atoms with E-state index < -0.39 is 5.92 Å². The lowest BCUT2D eigenvalue weighted by molar-refractivity contribution is -0.130. The van der Waals surface area contributed by atoms with E-state index in [1.807, 2.05) is 18.7 Å². The van der Waals surface area contributed by atoms with Gasteiger partial charge in [0.15, 0.2) is 5.78 Å². The predicted octanol–water partition coefficient (Wildman–Crippen LogP) is 6.20. The molecule has 0 spiro atoms. The Kier molecular flexibility index (Phi) is 13.3. The molecule has 1 N–H and O–H groups in total. The lowest BCUT2D eigenvalue weighted by Gasteiger charge is -2.32. The second-order valence-electron chi connectivity index (χ2n) is 12.4. The fourth-order valence-corrected chi connectivity index (χ4v) is 8.06. The highest BCUT2D eigenvalue weighted by atomic mass is 32.2. The molecule has 2 aliphatic heterocycles. The molecule has 9 heteroatoms. The van der Waals surface area contributed by atoms with Gasteiger partial charge in [0.25, 0.3) is 0 Å². The third-order valence-electron chi connectivity index (χ3n) is 8.68. The molecule has 2 aliphatic rings. The molecule has 0 aliphatic carbocycles. The van der Waals surface area contributed by atoms with E-state index in [1.165, 1.54) is 5.56 Å². The minimum Gasteiger partial charge on any atom is -0.381 e. The van der Waals surface area contributed by atoms with Gasteiger partial charge < -0.3 is 10.1 Å². The number of carbonyl (C=O) groups excluding carboxylic acids is 3. The van der Waals surface area contributed by atoms with Crippen LogP contribution in [0.2, 0.25) is 0 Å². The first-order valence-electron chi connectivity index (χ1n) is 16.0. The molecule has 0 radical (unpaired) electrons. The van der Waals surface area contributed by atoms with Gasteiger partial charge in [-0.05, 0) is 55.2 Å². The summed E-state index contributed by atoms with van der Waals surface area (Å²) in [6, 6.07) is 6.21. The molecular weight excluding hydrogens is 579 g/mol. The fourth-order valence-electron chi connectivity index (χ4n) is 5.98. The number of Topliss-reactive ketones (excluding diaryl/α,β-unsaturated/α-hetero) is 2. The lowest BCUT2D eigenvalue weighted by atomic mass is 9.86. The Morgan fingerprint density at radius 2 is 1.88 bits per heavy atom. The van der Waals surface area contributed by atoms with Crippen molar-refractivity contribution in [3.05, 3.63) is 40.9 Å². The van der Waals surface area contributed by atoms with Crippen LogP contribution in [0, 0.1) is 11.8 Å². The predicted molar refractivity (Wildman–Crippen MR) is 178 cm³/mol. The number of nitrogens with one attached hydrogen (secondary N) is 1. The van der Waals surface area contributed by atoms with Crippen molar-refractivity contribution >= 4 is 50.8 Å². The van der Waals surface area contributed by atoms with Crippen LogP contribution in [0.15, 0.2) is 30.4 Å². The Bertz CT molecular complexity index is 1250. The number of hydrogen-bond donors (Lipinski definition) is 1. The third-order valence-corrected chi connectivity index (χ3v) is 10.7. The van der Waals surface area contributed by atoms with Gasteiger partial charge in [-0.2, -0.15) is 11.8 Å². The summed E-state index contributed by atoms with van der Waals surface area (Å²) in [5.74, 6) is 2.44. The van der Waals surface area contributed by atoms with Crippen LogP contribution in [-0.2, 0) is 25.5 Å². The van der Waals surface area contributed by atoms with Crippen molar-refractivity contribution in [3.8, 4) is 0 Å². The summed E-state index contributed by atoms with van der Waals surface area (Å²) in [4.78, 5) is 47.0. The topological polar surface area (TPSA) is 88.6 Å². The molecule has 2 aromatic rings. The number of fused-ring (bicyclic) bond motifs is 1. The number of aromatic nitrogens is 1. The number of ether oxygens (including phenoxy) is 1. The monoisotopic (exact) mass is 627 g/mol. The van der Waals surface area contributed by atoms with E-state index in [1.54, 1.807) is 11.3 Å². The second kappa shape index (κ2) is 16.8. The quantitative estimate of drug-likeness (QED) is 0.222. The Balaban J connectivity index is 1.45. The summed E-state index contributed by atoms with van der Waals surface area (Å²) < 4.78 is 6.72. The van der Waals surface area contributed by atoms with E-state index >= 15 is 0 Å². The zero-order valence-electron chi connectivity index (χ0n) is 26.2. The van der Waals surface area contributed by atoms with Crippen LogP contribution >= 0.6 is 23.1 Å². The molecule has 1 aromatic heterocycles. The minimum absolute atomic E-state index is 0.0782. The smallest absolute Gasteiger partial charge is 0.224 e. The largest absolute Gasteiger partial charge is 0.381 e. The van der Waals surface area contributed by atoms with E-state index in [2.05, 4.69) is 48.8 Å². The first kappa shape index (κ1) is 33.8. The number of hydrogen-bond acceptors (Lipinski definition) is 8. The van der Waals surface area contributed by atoms with Crippen LogP contribution in [-0.4, -0.2) is 77.8 Å². The summed E-state index contributed by atoms with van der Waals surface area (Å²) in [6.45, 7) is 14.4. The molecule has 0 unspecified atom stereocenters.